The summed E-state index contributed by atoms with van der Waals surface area (Å²) in [6.45, 7) is 5.55. The summed E-state index contributed by atoms with van der Waals surface area (Å²) in [5, 5.41) is 3.47. The highest BCUT2D eigenvalue weighted by Gasteiger charge is 2.03. The van der Waals surface area contributed by atoms with Gasteiger partial charge in [-0.05, 0) is 55.2 Å². The second-order valence-electron chi connectivity index (χ2n) is 5.74. The van der Waals surface area contributed by atoms with E-state index in [1.54, 1.807) is 7.11 Å². The third kappa shape index (κ3) is 9.19. The van der Waals surface area contributed by atoms with Crippen LogP contribution in [0.15, 0.2) is 24.3 Å². The Labute approximate surface area is 149 Å². The molecule has 0 bridgehead atoms. The molecule has 0 aliphatic heterocycles. The number of benzene rings is 1. The predicted molar refractivity (Wildman–Crippen MR) is 99.1 cm³/mol. The van der Waals surface area contributed by atoms with E-state index in [0.717, 1.165) is 24.5 Å². The van der Waals surface area contributed by atoms with Crippen LogP contribution in [0, 0.1) is 5.92 Å². The lowest BCUT2D eigenvalue weighted by Gasteiger charge is -2.12. The fourth-order valence-electron chi connectivity index (χ4n) is 1.80. The van der Waals surface area contributed by atoms with Gasteiger partial charge < -0.3 is 14.8 Å². The summed E-state index contributed by atoms with van der Waals surface area (Å²) in [5.41, 5.74) is 5.26. The molecule has 24 heavy (non-hydrogen) atoms. The summed E-state index contributed by atoms with van der Waals surface area (Å²) in [4.78, 5) is 11.7. The maximum atomic E-state index is 11.7. The van der Waals surface area contributed by atoms with Crippen molar-refractivity contribution in [3.05, 3.63) is 24.3 Å². The monoisotopic (exact) mass is 353 g/mol. The number of rotatable bonds is 9. The Balaban J connectivity index is 2.07. The SMILES string of the molecule is COc1ccc(OCCCC(=O)NNC(=S)NCCC(C)C)cc1. The highest BCUT2D eigenvalue weighted by molar-refractivity contribution is 7.80. The zero-order valence-electron chi connectivity index (χ0n) is 14.6. The zero-order valence-corrected chi connectivity index (χ0v) is 15.4. The molecule has 0 heterocycles. The van der Waals surface area contributed by atoms with Crippen molar-refractivity contribution in [2.24, 2.45) is 5.92 Å². The van der Waals surface area contributed by atoms with E-state index in [2.05, 4.69) is 30.0 Å². The predicted octanol–water partition coefficient (Wildman–Crippen LogP) is 2.40. The van der Waals surface area contributed by atoms with Gasteiger partial charge in [0.2, 0.25) is 5.91 Å². The quantitative estimate of drug-likeness (QED) is 0.360. The molecule has 0 aliphatic carbocycles. The van der Waals surface area contributed by atoms with E-state index in [9.17, 15) is 4.79 Å². The maximum absolute atomic E-state index is 11.7. The topological polar surface area (TPSA) is 71.6 Å². The highest BCUT2D eigenvalue weighted by atomic mass is 32.1. The zero-order chi connectivity index (χ0) is 17.8. The highest BCUT2D eigenvalue weighted by Crippen LogP contribution is 2.17. The molecule has 1 aromatic carbocycles. The number of hydrogen-bond donors (Lipinski definition) is 3. The van der Waals surface area contributed by atoms with Gasteiger partial charge in [-0.2, -0.15) is 0 Å². The van der Waals surface area contributed by atoms with Crippen molar-refractivity contribution < 1.29 is 14.3 Å². The van der Waals surface area contributed by atoms with Crippen LogP contribution in [-0.2, 0) is 4.79 Å². The molecule has 1 rings (SSSR count). The second-order valence-corrected chi connectivity index (χ2v) is 6.15. The van der Waals surface area contributed by atoms with Crippen molar-refractivity contribution in [2.45, 2.75) is 33.1 Å². The first-order valence-corrected chi connectivity index (χ1v) is 8.51. The van der Waals surface area contributed by atoms with E-state index < -0.39 is 0 Å². The van der Waals surface area contributed by atoms with Crippen LogP contribution in [-0.4, -0.2) is 31.3 Å². The summed E-state index contributed by atoms with van der Waals surface area (Å²) < 4.78 is 10.6. The molecule has 134 valence electrons. The number of carbonyl (C=O) groups excluding carboxylic acids is 1. The van der Waals surface area contributed by atoms with Crippen molar-refractivity contribution >= 4 is 23.2 Å². The van der Waals surface area contributed by atoms with Gasteiger partial charge >= 0.3 is 0 Å². The minimum Gasteiger partial charge on any atom is -0.497 e. The molecule has 0 aliphatic rings. The maximum Gasteiger partial charge on any atom is 0.238 e. The number of hydrazine groups is 1. The lowest BCUT2D eigenvalue weighted by molar-refractivity contribution is -0.121. The van der Waals surface area contributed by atoms with Gasteiger partial charge in [-0.25, -0.2) is 0 Å². The minimum atomic E-state index is -0.124. The third-order valence-corrected chi connectivity index (χ3v) is 3.45. The molecule has 1 aromatic rings. The van der Waals surface area contributed by atoms with Crippen LogP contribution in [0.2, 0.25) is 0 Å². The first kappa shape index (κ1) is 20.0. The molecule has 7 heteroatoms. The molecule has 6 nitrogen and oxygen atoms in total. The van der Waals surface area contributed by atoms with E-state index in [-0.39, 0.29) is 5.91 Å². The second kappa shape index (κ2) is 11.5. The van der Waals surface area contributed by atoms with Gasteiger partial charge in [0.1, 0.15) is 11.5 Å². The number of methoxy groups -OCH3 is 1. The number of ether oxygens (including phenoxy) is 2. The van der Waals surface area contributed by atoms with Gasteiger partial charge in [-0.15, -0.1) is 0 Å². The van der Waals surface area contributed by atoms with Gasteiger partial charge in [0.15, 0.2) is 5.11 Å². The fraction of sp³-hybridized carbons (Fsp3) is 0.529. The van der Waals surface area contributed by atoms with Gasteiger partial charge in [-0.1, -0.05) is 13.8 Å². The van der Waals surface area contributed by atoms with Crippen LogP contribution in [0.1, 0.15) is 33.1 Å². The molecule has 0 aromatic heterocycles. The molecule has 3 N–H and O–H groups in total. The van der Waals surface area contributed by atoms with E-state index >= 15 is 0 Å². The van der Waals surface area contributed by atoms with Crippen molar-refractivity contribution in [1.29, 1.82) is 0 Å². The van der Waals surface area contributed by atoms with Crippen LogP contribution in [0.4, 0.5) is 0 Å². The molecule has 0 atom stereocenters. The lowest BCUT2D eigenvalue weighted by Crippen LogP contribution is -2.47. The normalized spacial score (nSPS) is 10.2. The first-order chi connectivity index (χ1) is 11.5. The molecular weight excluding hydrogens is 326 g/mol. The lowest BCUT2D eigenvalue weighted by atomic mass is 10.1. The Bertz CT molecular complexity index is 506. The third-order valence-electron chi connectivity index (χ3n) is 3.20. The number of carbonyl (C=O) groups is 1. The molecule has 0 fully saturated rings. The molecule has 0 spiro atoms. The Hall–Kier alpha value is -2.02. The largest absolute Gasteiger partial charge is 0.497 e. The van der Waals surface area contributed by atoms with Crippen molar-refractivity contribution in [3.63, 3.8) is 0 Å². The van der Waals surface area contributed by atoms with Crippen LogP contribution >= 0.6 is 12.2 Å². The Morgan fingerprint density at radius 2 is 1.83 bits per heavy atom. The van der Waals surface area contributed by atoms with Crippen LogP contribution < -0.4 is 25.6 Å². The molecule has 0 unspecified atom stereocenters. The summed E-state index contributed by atoms with van der Waals surface area (Å²) in [6, 6.07) is 7.34. The number of thiocarbonyl (C=S) groups is 1. The summed E-state index contributed by atoms with van der Waals surface area (Å²) in [5.74, 6) is 2.03. The fourth-order valence-corrected chi connectivity index (χ4v) is 1.96. The molecule has 0 saturated carbocycles. The van der Waals surface area contributed by atoms with Crippen molar-refractivity contribution in [3.8, 4) is 11.5 Å². The molecule has 1 amide bonds. The Kier molecular flexibility index (Phi) is 9.60. The average Bonchev–Trinajstić information content (AvgIpc) is 2.57. The summed E-state index contributed by atoms with van der Waals surface area (Å²) in [6.07, 6.45) is 2.00. The summed E-state index contributed by atoms with van der Waals surface area (Å²) in [7, 11) is 1.62. The van der Waals surface area contributed by atoms with E-state index in [4.69, 9.17) is 21.7 Å². The van der Waals surface area contributed by atoms with Gasteiger partial charge in [-0.3, -0.25) is 15.6 Å². The van der Waals surface area contributed by atoms with Crippen LogP contribution in [0.25, 0.3) is 0 Å². The molecule has 0 saturated heterocycles. The number of amides is 1. The van der Waals surface area contributed by atoms with E-state index in [0.29, 0.717) is 30.5 Å². The van der Waals surface area contributed by atoms with E-state index in [1.807, 2.05) is 24.3 Å². The average molecular weight is 353 g/mol. The first-order valence-electron chi connectivity index (χ1n) is 8.10. The standard InChI is InChI=1S/C17H27N3O3S/c1-13(2)10-11-18-17(24)20-19-16(21)5-4-12-23-15-8-6-14(22-3)7-9-15/h6-9,13H,4-5,10-12H2,1-3H3,(H,19,21)(H2,18,20,24). The van der Waals surface area contributed by atoms with Crippen molar-refractivity contribution in [1.82, 2.24) is 16.2 Å². The molecule has 0 radical (unpaired) electrons. The van der Waals surface area contributed by atoms with Gasteiger partial charge in [0.05, 0.1) is 13.7 Å². The summed E-state index contributed by atoms with van der Waals surface area (Å²) >= 11 is 5.07. The number of nitrogens with one attached hydrogen (secondary N) is 3. The van der Waals surface area contributed by atoms with Crippen LogP contribution in [0.3, 0.4) is 0 Å². The van der Waals surface area contributed by atoms with Crippen molar-refractivity contribution in [2.75, 3.05) is 20.3 Å². The Morgan fingerprint density at radius 1 is 1.17 bits per heavy atom. The smallest absolute Gasteiger partial charge is 0.238 e. The van der Waals surface area contributed by atoms with Gasteiger partial charge in [0.25, 0.3) is 0 Å². The van der Waals surface area contributed by atoms with Gasteiger partial charge in [0, 0.05) is 13.0 Å². The van der Waals surface area contributed by atoms with E-state index in [1.165, 1.54) is 0 Å². The number of hydrogen-bond acceptors (Lipinski definition) is 4. The van der Waals surface area contributed by atoms with Crippen LogP contribution in [0.5, 0.6) is 11.5 Å². The Morgan fingerprint density at radius 3 is 2.46 bits per heavy atom. The minimum absolute atomic E-state index is 0.124. The molecular formula is C17H27N3O3S.